The fourth-order valence-electron chi connectivity index (χ4n) is 4.05. The van der Waals surface area contributed by atoms with Crippen LogP contribution in [-0.4, -0.2) is 28.8 Å². The summed E-state index contributed by atoms with van der Waals surface area (Å²) < 4.78 is 13.8. The number of anilines is 1. The van der Waals surface area contributed by atoms with E-state index in [9.17, 15) is 18.8 Å². The number of urea groups is 1. The van der Waals surface area contributed by atoms with E-state index in [2.05, 4.69) is 10.6 Å². The van der Waals surface area contributed by atoms with Gasteiger partial charge in [-0.05, 0) is 49.4 Å². The van der Waals surface area contributed by atoms with Crippen LogP contribution >= 0.6 is 0 Å². The van der Waals surface area contributed by atoms with E-state index in [0.29, 0.717) is 6.42 Å². The van der Waals surface area contributed by atoms with E-state index in [1.54, 1.807) is 6.07 Å². The lowest BCUT2D eigenvalue weighted by Crippen LogP contribution is -2.49. The molecule has 0 unspecified atom stereocenters. The van der Waals surface area contributed by atoms with Gasteiger partial charge in [-0.3, -0.25) is 9.59 Å². The Morgan fingerprint density at radius 1 is 1.18 bits per heavy atom. The van der Waals surface area contributed by atoms with Crippen LogP contribution in [0.15, 0.2) is 48.5 Å². The number of carbonyl (C=O) groups is 3. The van der Waals surface area contributed by atoms with Crippen LogP contribution in [0.1, 0.15) is 30.9 Å². The molecule has 4 amide bonds. The minimum Gasteiger partial charge on any atom is -0.322 e. The van der Waals surface area contributed by atoms with Gasteiger partial charge in [0.1, 0.15) is 17.4 Å². The molecule has 1 saturated heterocycles. The summed E-state index contributed by atoms with van der Waals surface area (Å²) in [5.41, 5.74) is 0.666. The summed E-state index contributed by atoms with van der Waals surface area (Å²) >= 11 is 0. The summed E-state index contributed by atoms with van der Waals surface area (Å²) in [6.45, 7) is 1.46. The van der Waals surface area contributed by atoms with Crippen molar-refractivity contribution in [2.24, 2.45) is 0 Å². The van der Waals surface area contributed by atoms with Crippen molar-refractivity contribution in [1.29, 1.82) is 0 Å². The van der Waals surface area contributed by atoms with Crippen molar-refractivity contribution < 1.29 is 18.8 Å². The Bertz CT molecular complexity index is 977. The number of fused-ring (bicyclic) bond motifs is 2. The smallest absolute Gasteiger partial charge is 0.322 e. The van der Waals surface area contributed by atoms with Gasteiger partial charge in [0.15, 0.2) is 0 Å². The van der Waals surface area contributed by atoms with E-state index in [-0.39, 0.29) is 5.69 Å². The molecule has 6 nitrogen and oxygen atoms in total. The minimum absolute atomic E-state index is 0.00382. The largest absolute Gasteiger partial charge is 0.326 e. The van der Waals surface area contributed by atoms with Gasteiger partial charge in [0, 0.05) is 0 Å². The fraction of sp³-hybridized carbons (Fsp3) is 0.286. The number of imide groups is 1. The third kappa shape index (κ3) is 2.74. The fourth-order valence-corrected chi connectivity index (χ4v) is 4.05. The first-order valence-corrected chi connectivity index (χ1v) is 9.23. The van der Waals surface area contributed by atoms with Gasteiger partial charge in [0.05, 0.1) is 5.69 Å². The summed E-state index contributed by atoms with van der Waals surface area (Å²) in [4.78, 5) is 39.5. The summed E-state index contributed by atoms with van der Waals surface area (Å²) in [7, 11) is 0. The summed E-state index contributed by atoms with van der Waals surface area (Å²) in [5, 5.41) is 5.27. The lowest BCUT2D eigenvalue weighted by atomic mass is 9.76. The molecule has 1 spiro atoms. The maximum absolute atomic E-state index is 13.8. The maximum Gasteiger partial charge on any atom is 0.326 e. The highest BCUT2D eigenvalue weighted by Gasteiger charge is 2.55. The van der Waals surface area contributed by atoms with Gasteiger partial charge in [-0.25, -0.2) is 14.1 Å². The van der Waals surface area contributed by atoms with Gasteiger partial charge in [0.2, 0.25) is 5.91 Å². The van der Waals surface area contributed by atoms with Crippen LogP contribution in [0.25, 0.3) is 0 Å². The quantitative estimate of drug-likeness (QED) is 0.803. The lowest BCUT2D eigenvalue weighted by Gasteiger charge is -2.33. The maximum atomic E-state index is 13.8. The Hall–Kier alpha value is -3.22. The van der Waals surface area contributed by atoms with Crippen molar-refractivity contribution in [3.63, 3.8) is 0 Å². The Morgan fingerprint density at radius 2 is 1.89 bits per heavy atom. The molecule has 4 rings (SSSR count). The molecule has 0 aromatic heterocycles. The number of nitrogens with one attached hydrogen (secondary N) is 2. The van der Waals surface area contributed by atoms with Crippen molar-refractivity contribution in [2.75, 3.05) is 5.32 Å². The monoisotopic (exact) mass is 381 g/mol. The molecule has 7 heteroatoms. The third-order valence-electron chi connectivity index (χ3n) is 5.50. The molecule has 0 radical (unpaired) electrons. The van der Waals surface area contributed by atoms with E-state index >= 15 is 0 Å². The summed E-state index contributed by atoms with van der Waals surface area (Å²) in [6.07, 6.45) is 2.07. The first-order chi connectivity index (χ1) is 13.4. The number of carbonyl (C=O) groups excluding carboxylic acids is 3. The molecule has 2 aromatic carbocycles. The molecule has 1 aliphatic heterocycles. The number of rotatable bonds is 3. The molecule has 1 heterocycles. The van der Waals surface area contributed by atoms with E-state index in [1.165, 1.54) is 25.1 Å². The molecule has 2 aliphatic rings. The second-order valence-corrected chi connectivity index (χ2v) is 7.17. The molecule has 0 saturated carbocycles. The molecule has 0 bridgehead atoms. The van der Waals surface area contributed by atoms with Crippen molar-refractivity contribution in [3.05, 3.63) is 65.5 Å². The van der Waals surface area contributed by atoms with E-state index in [4.69, 9.17) is 0 Å². The first-order valence-electron chi connectivity index (χ1n) is 9.23. The van der Waals surface area contributed by atoms with Crippen LogP contribution in [0.3, 0.4) is 0 Å². The predicted molar refractivity (Wildman–Crippen MR) is 101 cm³/mol. The number of halogens is 1. The van der Waals surface area contributed by atoms with E-state index < -0.39 is 35.2 Å². The van der Waals surface area contributed by atoms with Crippen molar-refractivity contribution >= 4 is 23.5 Å². The summed E-state index contributed by atoms with van der Waals surface area (Å²) in [5.74, 6) is -1.66. The molecule has 2 atom stereocenters. The molecule has 2 aromatic rings. The number of hydrogen-bond donors (Lipinski definition) is 2. The Kier molecular flexibility index (Phi) is 4.37. The lowest BCUT2D eigenvalue weighted by molar-refractivity contribution is -0.137. The second kappa shape index (κ2) is 6.74. The average molecular weight is 381 g/mol. The molecule has 2 N–H and O–H groups in total. The summed E-state index contributed by atoms with van der Waals surface area (Å²) in [6, 6.07) is 11.6. The van der Waals surface area contributed by atoms with Crippen LogP contribution < -0.4 is 10.6 Å². The highest BCUT2D eigenvalue weighted by molar-refractivity contribution is 6.11. The van der Waals surface area contributed by atoms with E-state index in [0.717, 1.165) is 28.9 Å². The van der Waals surface area contributed by atoms with Crippen LogP contribution in [0, 0.1) is 5.82 Å². The van der Waals surface area contributed by atoms with Crippen LogP contribution in [-0.2, 0) is 21.5 Å². The van der Waals surface area contributed by atoms with Gasteiger partial charge in [0.25, 0.3) is 5.91 Å². The van der Waals surface area contributed by atoms with Gasteiger partial charge in [-0.2, -0.15) is 0 Å². The standard InChI is InChI=1S/C21H20FN3O3/c1-13(18(26)23-17-11-5-4-10-16(17)22)25-19(27)21(24-20(25)28)12-6-8-14-7-2-3-9-15(14)21/h2-5,7,9-11,13H,6,8,12H2,1H3,(H,23,26)(H,24,28)/t13-,21-/m0/s1. The first kappa shape index (κ1) is 18.2. The average Bonchev–Trinajstić information content (AvgIpc) is 2.93. The molecule has 1 fully saturated rings. The highest BCUT2D eigenvalue weighted by Crippen LogP contribution is 2.40. The molecular weight excluding hydrogens is 361 g/mol. The number of nitrogens with zero attached hydrogens (tertiary/aromatic N) is 1. The normalized spacial score (nSPS) is 22.0. The van der Waals surface area contributed by atoms with Crippen LogP contribution in [0.4, 0.5) is 14.9 Å². The Labute approximate surface area is 161 Å². The molecule has 144 valence electrons. The number of aryl methyl sites for hydroxylation is 1. The van der Waals surface area contributed by atoms with Crippen molar-refractivity contribution in [3.8, 4) is 0 Å². The number of amides is 4. The zero-order valence-corrected chi connectivity index (χ0v) is 15.4. The Balaban J connectivity index is 1.62. The minimum atomic E-state index is -1.14. The van der Waals surface area contributed by atoms with Crippen LogP contribution in [0.2, 0.25) is 0 Å². The highest BCUT2D eigenvalue weighted by atomic mass is 19.1. The Morgan fingerprint density at radius 3 is 2.68 bits per heavy atom. The topological polar surface area (TPSA) is 78.5 Å². The van der Waals surface area contributed by atoms with Crippen molar-refractivity contribution in [1.82, 2.24) is 10.2 Å². The zero-order chi connectivity index (χ0) is 19.9. The van der Waals surface area contributed by atoms with Crippen LogP contribution in [0.5, 0.6) is 0 Å². The molecule has 1 aliphatic carbocycles. The SMILES string of the molecule is C[C@@H](C(=O)Nc1ccccc1F)N1C(=O)N[C@]2(CCCc3ccccc32)C1=O. The van der Waals surface area contributed by atoms with Gasteiger partial charge in [-0.1, -0.05) is 36.4 Å². The number of hydrogen-bond acceptors (Lipinski definition) is 3. The zero-order valence-electron chi connectivity index (χ0n) is 15.4. The third-order valence-corrected chi connectivity index (χ3v) is 5.50. The van der Waals surface area contributed by atoms with Gasteiger partial charge < -0.3 is 10.6 Å². The van der Waals surface area contributed by atoms with E-state index in [1.807, 2.05) is 24.3 Å². The van der Waals surface area contributed by atoms with Gasteiger partial charge in [-0.15, -0.1) is 0 Å². The second-order valence-electron chi connectivity index (χ2n) is 7.17. The predicted octanol–water partition coefficient (Wildman–Crippen LogP) is 2.94. The van der Waals surface area contributed by atoms with Crippen molar-refractivity contribution in [2.45, 2.75) is 37.8 Å². The number of para-hydroxylation sites is 1. The number of benzene rings is 2. The molecule has 28 heavy (non-hydrogen) atoms. The van der Waals surface area contributed by atoms with Gasteiger partial charge >= 0.3 is 6.03 Å². The molecular formula is C21H20FN3O3.